The van der Waals surface area contributed by atoms with Gasteiger partial charge in [-0.15, -0.1) is 0 Å². The molecule has 2 rings (SSSR count). The molecule has 0 spiro atoms. The van der Waals surface area contributed by atoms with E-state index in [-0.39, 0.29) is 5.69 Å². The maximum Gasteiger partial charge on any atom is 0.418 e. The average Bonchev–Trinajstić information content (AvgIpc) is 2.52. The quantitative estimate of drug-likeness (QED) is 0.792. The van der Waals surface area contributed by atoms with Gasteiger partial charge in [0, 0.05) is 5.02 Å². The highest BCUT2D eigenvalue weighted by Gasteiger charge is 2.34. The Kier molecular flexibility index (Phi) is 6.06. The predicted octanol–water partition coefficient (Wildman–Crippen LogP) is 4.07. The lowest BCUT2D eigenvalue weighted by atomic mass is 10.1. The van der Waals surface area contributed by atoms with E-state index in [4.69, 9.17) is 11.6 Å². The molecular weight excluding hydrogens is 405 g/mol. The summed E-state index contributed by atoms with van der Waals surface area (Å²) in [7, 11) is -3.87. The fourth-order valence-corrected chi connectivity index (χ4v) is 3.58. The standard InChI is InChI=1S/C17H16ClF3N2O3S/c1-11-9-12(18)7-8-15(11)23(27(2,25)26)10-16(24)22-14-6-4-3-5-13(14)17(19,20)21/h3-9H,10H2,1-2H3,(H,22,24). The number of para-hydroxylation sites is 1. The molecule has 146 valence electrons. The first-order valence-electron chi connectivity index (χ1n) is 7.59. The second-order valence-electron chi connectivity index (χ2n) is 5.79. The summed E-state index contributed by atoms with van der Waals surface area (Å²) in [6.45, 7) is 0.920. The van der Waals surface area contributed by atoms with Crippen molar-refractivity contribution in [2.45, 2.75) is 13.1 Å². The Labute approximate surface area is 159 Å². The molecule has 10 heteroatoms. The molecule has 0 saturated carbocycles. The molecule has 0 heterocycles. The largest absolute Gasteiger partial charge is 0.418 e. The molecule has 0 aliphatic rings. The number of benzene rings is 2. The number of anilines is 2. The number of alkyl halides is 3. The zero-order valence-electron chi connectivity index (χ0n) is 14.3. The topological polar surface area (TPSA) is 66.5 Å². The Morgan fingerprint density at radius 2 is 1.81 bits per heavy atom. The number of amides is 1. The number of nitrogens with one attached hydrogen (secondary N) is 1. The molecule has 5 nitrogen and oxygen atoms in total. The number of sulfonamides is 1. The molecule has 0 atom stereocenters. The lowest BCUT2D eigenvalue weighted by Crippen LogP contribution is -2.38. The first-order chi connectivity index (χ1) is 12.4. The Hall–Kier alpha value is -2.26. The van der Waals surface area contributed by atoms with Gasteiger partial charge in [-0.1, -0.05) is 23.7 Å². The van der Waals surface area contributed by atoms with Crippen LogP contribution in [0.15, 0.2) is 42.5 Å². The molecule has 0 bridgehead atoms. The van der Waals surface area contributed by atoms with Crippen molar-refractivity contribution in [1.82, 2.24) is 0 Å². The SMILES string of the molecule is Cc1cc(Cl)ccc1N(CC(=O)Nc1ccccc1C(F)(F)F)S(C)(=O)=O. The van der Waals surface area contributed by atoms with Crippen molar-refractivity contribution in [2.75, 3.05) is 22.4 Å². The number of hydrogen-bond acceptors (Lipinski definition) is 3. The van der Waals surface area contributed by atoms with E-state index >= 15 is 0 Å². The van der Waals surface area contributed by atoms with Crippen LogP contribution in [-0.4, -0.2) is 27.1 Å². The molecule has 2 aromatic carbocycles. The molecule has 0 aliphatic carbocycles. The fourth-order valence-electron chi connectivity index (χ4n) is 2.44. The Balaban J connectivity index is 2.31. The van der Waals surface area contributed by atoms with Crippen molar-refractivity contribution in [1.29, 1.82) is 0 Å². The van der Waals surface area contributed by atoms with E-state index in [1.54, 1.807) is 6.92 Å². The van der Waals surface area contributed by atoms with Crippen LogP contribution in [0.1, 0.15) is 11.1 Å². The zero-order chi connectivity index (χ0) is 20.4. The summed E-state index contributed by atoms with van der Waals surface area (Å²) in [5, 5.41) is 2.51. The molecule has 0 fully saturated rings. The third-order valence-electron chi connectivity index (χ3n) is 3.62. The summed E-state index contributed by atoms with van der Waals surface area (Å²) in [6, 6.07) is 8.85. The van der Waals surface area contributed by atoms with Crippen LogP contribution < -0.4 is 9.62 Å². The first-order valence-corrected chi connectivity index (χ1v) is 9.82. The van der Waals surface area contributed by atoms with Crippen molar-refractivity contribution >= 4 is 38.9 Å². The lowest BCUT2D eigenvalue weighted by molar-refractivity contribution is -0.137. The van der Waals surface area contributed by atoms with Crippen LogP contribution in [0, 0.1) is 6.92 Å². The first kappa shape index (κ1) is 21.0. The van der Waals surface area contributed by atoms with Gasteiger partial charge in [0.2, 0.25) is 15.9 Å². The van der Waals surface area contributed by atoms with E-state index in [2.05, 4.69) is 5.32 Å². The summed E-state index contributed by atoms with van der Waals surface area (Å²) in [5.74, 6) is -0.911. The maximum atomic E-state index is 13.0. The van der Waals surface area contributed by atoms with E-state index in [1.807, 2.05) is 0 Å². The van der Waals surface area contributed by atoms with Crippen LogP contribution in [0.2, 0.25) is 5.02 Å². The van der Waals surface area contributed by atoms with Crippen LogP contribution in [0.5, 0.6) is 0 Å². The number of nitrogens with zero attached hydrogens (tertiary/aromatic N) is 1. The van der Waals surface area contributed by atoms with Gasteiger partial charge in [-0.3, -0.25) is 9.10 Å². The van der Waals surface area contributed by atoms with Crippen molar-refractivity contribution < 1.29 is 26.4 Å². The monoisotopic (exact) mass is 420 g/mol. The van der Waals surface area contributed by atoms with Crippen LogP contribution in [0.4, 0.5) is 24.5 Å². The predicted molar refractivity (Wildman–Crippen MR) is 98.5 cm³/mol. The normalized spacial score (nSPS) is 11.9. The van der Waals surface area contributed by atoms with Gasteiger partial charge in [-0.25, -0.2) is 8.42 Å². The molecule has 0 aromatic heterocycles. The summed E-state index contributed by atoms with van der Waals surface area (Å²) >= 11 is 5.86. The molecule has 0 saturated heterocycles. The van der Waals surface area contributed by atoms with E-state index in [0.29, 0.717) is 10.6 Å². The van der Waals surface area contributed by atoms with Gasteiger partial charge < -0.3 is 5.32 Å². The van der Waals surface area contributed by atoms with Crippen LogP contribution in [-0.2, 0) is 21.0 Å². The molecule has 0 unspecified atom stereocenters. The third kappa shape index (κ3) is 5.36. The van der Waals surface area contributed by atoms with Gasteiger partial charge in [-0.2, -0.15) is 13.2 Å². The Bertz CT molecular complexity index is 962. The van der Waals surface area contributed by atoms with Crippen molar-refractivity contribution in [3.63, 3.8) is 0 Å². The zero-order valence-corrected chi connectivity index (χ0v) is 15.9. The smallest absolute Gasteiger partial charge is 0.324 e. The lowest BCUT2D eigenvalue weighted by Gasteiger charge is -2.24. The maximum absolute atomic E-state index is 13.0. The number of rotatable bonds is 5. The molecule has 0 radical (unpaired) electrons. The number of halogens is 4. The number of carbonyl (C=O) groups excluding carboxylic acids is 1. The van der Waals surface area contributed by atoms with Gasteiger partial charge in [0.1, 0.15) is 6.54 Å². The van der Waals surface area contributed by atoms with Gasteiger partial charge in [0.15, 0.2) is 0 Å². The third-order valence-corrected chi connectivity index (χ3v) is 4.98. The number of hydrogen-bond donors (Lipinski definition) is 1. The summed E-state index contributed by atoms with van der Waals surface area (Å²) in [6.07, 6.45) is -3.76. The van der Waals surface area contributed by atoms with Crippen LogP contribution >= 0.6 is 11.6 Å². The van der Waals surface area contributed by atoms with Crippen molar-refractivity contribution in [2.24, 2.45) is 0 Å². The molecular formula is C17H16ClF3N2O3S. The second-order valence-corrected chi connectivity index (χ2v) is 8.14. The van der Waals surface area contributed by atoms with Crippen molar-refractivity contribution in [3.8, 4) is 0 Å². The molecule has 2 aromatic rings. The van der Waals surface area contributed by atoms with E-state index in [1.165, 1.54) is 30.3 Å². The van der Waals surface area contributed by atoms with Gasteiger partial charge in [0.25, 0.3) is 0 Å². The van der Waals surface area contributed by atoms with E-state index in [9.17, 15) is 26.4 Å². The van der Waals surface area contributed by atoms with Gasteiger partial charge in [-0.05, 0) is 42.8 Å². The molecule has 1 N–H and O–H groups in total. The Morgan fingerprint density at radius 1 is 1.19 bits per heavy atom. The second kappa shape index (κ2) is 7.77. The van der Waals surface area contributed by atoms with Gasteiger partial charge in [0.05, 0.1) is 23.2 Å². The number of aryl methyl sites for hydroxylation is 1. The fraction of sp³-hybridized carbons (Fsp3) is 0.235. The minimum atomic E-state index is -4.66. The molecule has 1 amide bonds. The van der Waals surface area contributed by atoms with Gasteiger partial charge >= 0.3 is 6.18 Å². The highest BCUT2D eigenvalue weighted by atomic mass is 35.5. The summed E-state index contributed by atoms with van der Waals surface area (Å²) in [4.78, 5) is 12.3. The van der Waals surface area contributed by atoms with Crippen molar-refractivity contribution in [3.05, 3.63) is 58.6 Å². The van der Waals surface area contributed by atoms with E-state index in [0.717, 1.165) is 22.7 Å². The summed E-state index contributed by atoms with van der Waals surface area (Å²) in [5.41, 5.74) is -0.763. The highest BCUT2D eigenvalue weighted by molar-refractivity contribution is 7.92. The molecule has 27 heavy (non-hydrogen) atoms. The van der Waals surface area contributed by atoms with E-state index < -0.39 is 39.9 Å². The minimum Gasteiger partial charge on any atom is -0.324 e. The average molecular weight is 421 g/mol. The highest BCUT2D eigenvalue weighted by Crippen LogP contribution is 2.34. The summed E-state index contributed by atoms with van der Waals surface area (Å²) < 4.78 is 64.2. The number of carbonyl (C=O) groups is 1. The van der Waals surface area contributed by atoms with Crippen LogP contribution in [0.3, 0.4) is 0 Å². The Morgan fingerprint density at radius 3 is 2.37 bits per heavy atom. The van der Waals surface area contributed by atoms with Crippen LogP contribution in [0.25, 0.3) is 0 Å². The molecule has 0 aliphatic heterocycles. The minimum absolute atomic E-state index is 0.209.